The van der Waals surface area contributed by atoms with Crippen LogP contribution in [-0.4, -0.2) is 47.0 Å². The number of piperidine rings is 1. The first-order chi connectivity index (χ1) is 18.2. The molecule has 1 aliphatic rings. The van der Waals surface area contributed by atoms with E-state index in [1.165, 1.54) is 24.9 Å². The standard InChI is InChI=1S/C30H38N4O4/c1-6-37-29(36)30(3,4)38-27-15-10-22(18-21(27)2)20-31-28(35)25-19-26(33(5)32-25)23-11-13-24(14-12-23)34-16-8-7-9-17-34/h10-15,18-19H,6-9,16-17,20H2,1-5H3,(H,31,35). The molecule has 38 heavy (non-hydrogen) atoms. The average Bonchev–Trinajstić information content (AvgIpc) is 3.31. The maximum atomic E-state index is 12.9. The lowest BCUT2D eigenvalue weighted by atomic mass is 10.1. The fourth-order valence-electron chi connectivity index (χ4n) is 4.67. The van der Waals surface area contributed by atoms with Crippen LogP contribution >= 0.6 is 0 Å². The van der Waals surface area contributed by atoms with E-state index in [1.54, 1.807) is 25.5 Å². The van der Waals surface area contributed by atoms with Gasteiger partial charge in [-0.2, -0.15) is 5.10 Å². The molecule has 202 valence electrons. The molecule has 0 saturated carbocycles. The largest absolute Gasteiger partial charge is 0.476 e. The van der Waals surface area contributed by atoms with E-state index in [4.69, 9.17) is 9.47 Å². The van der Waals surface area contributed by atoms with Crippen molar-refractivity contribution in [1.29, 1.82) is 0 Å². The lowest BCUT2D eigenvalue weighted by Gasteiger charge is -2.28. The Bertz CT molecular complexity index is 1270. The van der Waals surface area contributed by atoms with Crippen LogP contribution in [0.15, 0.2) is 48.5 Å². The number of nitrogens with one attached hydrogen (secondary N) is 1. The molecule has 3 aromatic rings. The molecule has 8 heteroatoms. The van der Waals surface area contributed by atoms with E-state index >= 15 is 0 Å². The molecule has 0 bridgehead atoms. The van der Waals surface area contributed by atoms with Gasteiger partial charge >= 0.3 is 5.97 Å². The Kier molecular flexibility index (Phi) is 8.39. The Hall–Kier alpha value is -3.81. The lowest BCUT2D eigenvalue weighted by Crippen LogP contribution is -2.39. The van der Waals surface area contributed by atoms with Gasteiger partial charge in [0.1, 0.15) is 5.75 Å². The second kappa shape index (κ2) is 11.7. The molecular formula is C30H38N4O4. The van der Waals surface area contributed by atoms with Crippen molar-refractivity contribution in [2.75, 3.05) is 24.6 Å². The second-order valence-corrected chi connectivity index (χ2v) is 10.2. The van der Waals surface area contributed by atoms with Gasteiger partial charge in [0.25, 0.3) is 5.91 Å². The smallest absolute Gasteiger partial charge is 0.349 e. The summed E-state index contributed by atoms with van der Waals surface area (Å²) in [7, 11) is 1.85. The maximum Gasteiger partial charge on any atom is 0.349 e. The summed E-state index contributed by atoms with van der Waals surface area (Å²) in [5, 5.41) is 7.40. The van der Waals surface area contributed by atoms with Crippen molar-refractivity contribution < 1.29 is 19.1 Å². The normalized spacial score (nSPS) is 13.8. The summed E-state index contributed by atoms with van der Waals surface area (Å²) >= 11 is 0. The Balaban J connectivity index is 1.37. The predicted octanol–water partition coefficient (Wildman–Crippen LogP) is 5.04. The first kappa shape index (κ1) is 27.2. The highest BCUT2D eigenvalue weighted by Gasteiger charge is 2.32. The van der Waals surface area contributed by atoms with Crippen LogP contribution in [0.4, 0.5) is 5.69 Å². The summed E-state index contributed by atoms with van der Waals surface area (Å²) in [4.78, 5) is 27.5. The van der Waals surface area contributed by atoms with Crippen molar-refractivity contribution in [3.63, 3.8) is 0 Å². The molecule has 2 aromatic carbocycles. The van der Waals surface area contributed by atoms with Crippen molar-refractivity contribution in [1.82, 2.24) is 15.1 Å². The van der Waals surface area contributed by atoms with Gasteiger partial charge in [-0.25, -0.2) is 4.79 Å². The Labute approximate surface area is 224 Å². The highest BCUT2D eigenvalue weighted by molar-refractivity contribution is 5.93. The highest BCUT2D eigenvalue weighted by Crippen LogP contribution is 2.27. The summed E-state index contributed by atoms with van der Waals surface area (Å²) in [5.74, 6) is -0.0552. The molecule has 1 N–H and O–H groups in total. The minimum atomic E-state index is -1.10. The van der Waals surface area contributed by atoms with Crippen LogP contribution in [-0.2, 0) is 23.1 Å². The van der Waals surface area contributed by atoms with Crippen molar-refractivity contribution in [2.24, 2.45) is 7.05 Å². The van der Waals surface area contributed by atoms with Crippen molar-refractivity contribution in [3.8, 4) is 17.0 Å². The van der Waals surface area contributed by atoms with Gasteiger partial charge in [0.2, 0.25) is 0 Å². The van der Waals surface area contributed by atoms with E-state index in [1.807, 2.05) is 38.2 Å². The van der Waals surface area contributed by atoms with E-state index < -0.39 is 11.6 Å². The first-order valence-electron chi connectivity index (χ1n) is 13.3. The fourth-order valence-corrected chi connectivity index (χ4v) is 4.67. The number of ether oxygens (including phenoxy) is 2. The number of hydrogen-bond acceptors (Lipinski definition) is 6. The zero-order chi connectivity index (χ0) is 27.3. The molecule has 1 fully saturated rings. The number of nitrogens with zero attached hydrogens (tertiary/aromatic N) is 3. The monoisotopic (exact) mass is 518 g/mol. The van der Waals surface area contributed by atoms with Crippen LogP contribution in [0.25, 0.3) is 11.3 Å². The average molecular weight is 519 g/mol. The number of anilines is 1. The summed E-state index contributed by atoms with van der Waals surface area (Å²) in [5.41, 5.74) is 4.21. The summed E-state index contributed by atoms with van der Waals surface area (Å²) < 4.78 is 12.8. The summed E-state index contributed by atoms with van der Waals surface area (Å²) in [6.45, 7) is 9.90. The van der Waals surface area contributed by atoms with Gasteiger partial charge in [-0.1, -0.05) is 24.3 Å². The zero-order valence-corrected chi connectivity index (χ0v) is 23.0. The van der Waals surface area contributed by atoms with E-state index in [2.05, 4.69) is 39.6 Å². The number of amides is 1. The van der Waals surface area contributed by atoms with E-state index in [-0.39, 0.29) is 5.91 Å². The third-order valence-corrected chi connectivity index (χ3v) is 6.82. The van der Waals surface area contributed by atoms with Gasteiger partial charge < -0.3 is 19.7 Å². The van der Waals surface area contributed by atoms with Crippen molar-refractivity contribution in [2.45, 2.75) is 59.1 Å². The molecule has 0 radical (unpaired) electrons. The number of carbonyl (C=O) groups excluding carboxylic acids is 2. The van der Waals surface area contributed by atoms with Crippen molar-refractivity contribution in [3.05, 3.63) is 65.4 Å². The van der Waals surface area contributed by atoms with E-state index in [9.17, 15) is 9.59 Å². The van der Waals surface area contributed by atoms with Crippen LogP contribution in [0, 0.1) is 6.92 Å². The van der Waals surface area contributed by atoms with Gasteiger partial charge in [0, 0.05) is 32.4 Å². The van der Waals surface area contributed by atoms with E-state index in [0.717, 1.165) is 35.5 Å². The Morgan fingerprint density at radius 3 is 2.39 bits per heavy atom. The SMILES string of the molecule is CCOC(=O)C(C)(C)Oc1ccc(CNC(=O)c2cc(-c3ccc(N4CCCCC4)cc3)n(C)n2)cc1C. The van der Waals surface area contributed by atoms with Gasteiger partial charge in [0.15, 0.2) is 11.3 Å². The predicted molar refractivity (Wildman–Crippen MR) is 148 cm³/mol. The molecule has 0 aliphatic carbocycles. The van der Waals surface area contributed by atoms with Gasteiger partial charge in [-0.15, -0.1) is 0 Å². The number of carbonyl (C=O) groups is 2. The number of aryl methyl sites for hydroxylation is 2. The van der Waals surface area contributed by atoms with Crippen LogP contribution in [0.3, 0.4) is 0 Å². The Morgan fingerprint density at radius 1 is 1.03 bits per heavy atom. The molecule has 1 saturated heterocycles. The fraction of sp³-hybridized carbons (Fsp3) is 0.433. The first-order valence-corrected chi connectivity index (χ1v) is 13.3. The Morgan fingerprint density at radius 2 is 1.74 bits per heavy atom. The number of benzene rings is 2. The van der Waals surface area contributed by atoms with Crippen LogP contribution in [0.2, 0.25) is 0 Å². The summed E-state index contributed by atoms with van der Waals surface area (Å²) in [6.07, 6.45) is 3.80. The second-order valence-electron chi connectivity index (χ2n) is 10.2. The molecule has 1 aromatic heterocycles. The molecule has 0 atom stereocenters. The molecule has 2 heterocycles. The molecule has 0 spiro atoms. The molecule has 1 aliphatic heterocycles. The third-order valence-electron chi connectivity index (χ3n) is 6.82. The van der Waals surface area contributed by atoms with Gasteiger partial charge in [-0.05, 0) is 87.9 Å². The zero-order valence-electron chi connectivity index (χ0n) is 23.0. The summed E-state index contributed by atoms with van der Waals surface area (Å²) in [6, 6.07) is 15.9. The minimum Gasteiger partial charge on any atom is -0.476 e. The van der Waals surface area contributed by atoms with Gasteiger partial charge in [-0.3, -0.25) is 9.48 Å². The number of aromatic nitrogens is 2. The lowest BCUT2D eigenvalue weighted by molar-refractivity contribution is -0.158. The highest BCUT2D eigenvalue weighted by atomic mass is 16.6. The minimum absolute atomic E-state index is 0.238. The molecular weight excluding hydrogens is 480 g/mol. The quantitative estimate of drug-likeness (QED) is 0.400. The number of esters is 1. The van der Waals surface area contributed by atoms with Crippen LogP contribution < -0.4 is 15.0 Å². The maximum absolute atomic E-state index is 12.9. The molecule has 8 nitrogen and oxygen atoms in total. The molecule has 4 rings (SSSR count). The third kappa shape index (κ3) is 6.36. The number of hydrogen-bond donors (Lipinski definition) is 1. The van der Waals surface area contributed by atoms with Crippen molar-refractivity contribution >= 4 is 17.6 Å². The topological polar surface area (TPSA) is 85.7 Å². The van der Waals surface area contributed by atoms with E-state index in [0.29, 0.717) is 24.6 Å². The van der Waals surface area contributed by atoms with Crippen LogP contribution in [0.1, 0.15) is 61.6 Å². The molecule has 0 unspecified atom stereocenters. The molecule has 1 amide bonds. The number of rotatable bonds is 9. The van der Waals surface area contributed by atoms with Gasteiger partial charge in [0.05, 0.1) is 12.3 Å². The van der Waals surface area contributed by atoms with Crippen LogP contribution in [0.5, 0.6) is 5.75 Å².